The first-order valence-corrected chi connectivity index (χ1v) is 16.6. The molecule has 1 amide bonds. The molecule has 4 rings (SSSR count). The molecule has 2 N–H and O–H groups in total. The molecular formula is C37H39BrF5N3O5. The number of ether oxygens (including phenoxy) is 1. The maximum Gasteiger partial charge on any atom is 0.416 e. The number of phenolic OH excluding ortho intramolecular Hbond substituents is 1. The Morgan fingerprint density at radius 1 is 1.02 bits per heavy atom. The first-order chi connectivity index (χ1) is 23.8. The van der Waals surface area contributed by atoms with Crippen molar-refractivity contribution in [1.29, 1.82) is 0 Å². The number of hydrogen-bond acceptors (Lipinski definition) is 6. The molecule has 8 nitrogen and oxygen atoms in total. The van der Waals surface area contributed by atoms with Gasteiger partial charge in [0.1, 0.15) is 23.4 Å². The number of aromatic hydroxyl groups is 1. The van der Waals surface area contributed by atoms with Gasteiger partial charge in [0.2, 0.25) is 5.91 Å². The van der Waals surface area contributed by atoms with E-state index in [0.717, 1.165) is 22.4 Å². The molecule has 0 saturated carbocycles. The number of likely N-dealkylation sites (N-methyl/N-ethyl adjacent to an activating group) is 1. The third-order valence-electron chi connectivity index (χ3n) is 7.75. The van der Waals surface area contributed by atoms with Gasteiger partial charge in [-0.25, -0.2) is 8.78 Å². The standard InChI is InChI=1S/C33H31BrF5N3O3.C4H8O2/c1-18-6-5-7-27(43)29(18)21-12-19(2)30(36)22(13-21)16-40-32(45)31(24-14-23(34)8-9-26(24)35)42-17-20(10-11-41(3)4)25(15-28(42)44)33(37,38)39;1-3-6-4(2)5/h5-9,12-15,17,31,43H,10-11,16H2,1-4H3,(H,40,45);3H2,1-2H3. The zero-order valence-electron chi connectivity index (χ0n) is 28.9. The molecular weight excluding hydrogens is 741 g/mol. The zero-order valence-corrected chi connectivity index (χ0v) is 30.5. The quantitative estimate of drug-likeness (QED) is 0.128. The summed E-state index contributed by atoms with van der Waals surface area (Å²) in [5, 5.41) is 13.0. The summed E-state index contributed by atoms with van der Waals surface area (Å²) in [4.78, 5) is 38.5. The van der Waals surface area contributed by atoms with E-state index < -0.39 is 47.4 Å². The van der Waals surface area contributed by atoms with Crippen molar-refractivity contribution in [2.75, 3.05) is 27.2 Å². The lowest BCUT2D eigenvalue weighted by atomic mass is 9.95. The first kappa shape index (κ1) is 40.9. The molecule has 14 heteroatoms. The Bertz CT molecular complexity index is 1930. The van der Waals surface area contributed by atoms with Gasteiger partial charge in [-0.3, -0.25) is 19.0 Å². The van der Waals surface area contributed by atoms with E-state index >= 15 is 8.78 Å². The first-order valence-electron chi connectivity index (χ1n) is 15.8. The molecule has 0 radical (unpaired) electrons. The largest absolute Gasteiger partial charge is 0.507 e. The zero-order chi connectivity index (χ0) is 38.2. The molecule has 0 spiro atoms. The summed E-state index contributed by atoms with van der Waals surface area (Å²) in [6.07, 6.45) is -4.02. The molecule has 0 fully saturated rings. The van der Waals surface area contributed by atoms with Gasteiger partial charge in [0.15, 0.2) is 0 Å². The van der Waals surface area contributed by atoms with Crippen molar-refractivity contribution in [2.45, 2.75) is 52.9 Å². The van der Waals surface area contributed by atoms with Gasteiger partial charge in [-0.1, -0.05) is 28.1 Å². The number of hydrogen-bond donors (Lipinski definition) is 2. The molecule has 1 atom stereocenters. The molecule has 1 aromatic heterocycles. The van der Waals surface area contributed by atoms with Gasteiger partial charge >= 0.3 is 12.1 Å². The van der Waals surface area contributed by atoms with Crippen molar-refractivity contribution < 1.29 is 41.4 Å². The highest BCUT2D eigenvalue weighted by molar-refractivity contribution is 9.10. The van der Waals surface area contributed by atoms with Gasteiger partial charge in [-0.2, -0.15) is 13.2 Å². The highest BCUT2D eigenvalue weighted by atomic mass is 79.9. The summed E-state index contributed by atoms with van der Waals surface area (Å²) in [6.45, 7) is 6.76. The second-order valence-electron chi connectivity index (χ2n) is 12.0. The molecule has 4 aromatic rings. The minimum atomic E-state index is -4.84. The Morgan fingerprint density at radius 2 is 1.71 bits per heavy atom. The van der Waals surface area contributed by atoms with Crippen molar-refractivity contribution >= 4 is 27.8 Å². The Labute approximate surface area is 301 Å². The smallest absolute Gasteiger partial charge is 0.416 e. The molecule has 1 heterocycles. The lowest BCUT2D eigenvalue weighted by Crippen LogP contribution is -2.39. The minimum Gasteiger partial charge on any atom is -0.507 e. The van der Waals surface area contributed by atoms with Crippen LogP contribution in [-0.4, -0.2) is 53.7 Å². The van der Waals surface area contributed by atoms with Crippen molar-refractivity contribution in [1.82, 2.24) is 14.8 Å². The van der Waals surface area contributed by atoms with Crippen LogP contribution < -0.4 is 10.9 Å². The number of benzene rings is 3. The van der Waals surface area contributed by atoms with Crippen LogP contribution in [0, 0.1) is 25.5 Å². The summed E-state index contributed by atoms with van der Waals surface area (Å²) < 4.78 is 77.8. The number of pyridine rings is 1. The van der Waals surface area contributed by atoms with Gasteiger partial charge in [-0.15, -0.1) is 0 Å². The number of aromatic nitrogens is 1. The number of aryl methyl sites for hydroxylation is 2. The summed E-state index contributed by atoms with van der Waals surface area (Å²) in [6, 6.07) is 10.3. The van der Waals surface area contributed by atoms with Crippen molar-refractivity contribution in [3.8, 4) is 16.9 Å². The number of nitrogens with zero attached hydrogens (tertiary/aromatic N) is 2. The Hall–Kier alpha value is -4.56. The van der Waals surface area contributed by atoms with Crippen molar-refractivity contribution in [2.24, 2.45) is 0 Å². The number of esters is 1. The summed E-state index contributed by atoms with van der Waals surface area (Å²) in [5.41, 5.74) is -0.874. The maximum absolute atomic E-state index is 15.3. The number of carbonyl (C=O) groups is 2. The minimum absolute atomic E-state index is 0.0204. The Balaban J connectivity index is 0.00000107. The summed E-state index contributed by atoms with van der Waals surface area (Å²) in [5.74, 6) is -2.69. The van der Waals surface area contributed by atoms with Crippen LogP contribution in [0.5, 0.6) is 5.75 Å². The highest BCUT2D eigenvalue weighted by Crippen LogP contribution is 2.35. The van der Waals surface area contributed by atoms with Gasteiger partial charge in [0.05, 0.1) is 12.2 Å². The molecule has 0 aliphatic carbocycles. The van der Waals surface area contributed by atoms with Crippen molar-refractivity contribution in [3.63, 3.8) is 0 Å². The van der Waals surface area contributed by atoms with E-state index in [-0.39, 0.29) is 46.9 Å². The lowest BCUT2D eigenvalue weighted by Gasteiger charge is -2.24. The normalized spacial score (nSPS) is 11.9. The van der Waals surface area contributed by atoms with E-state index in [2.05, 4.69) is 26.0 Å². The lowest BCUT2D eigenvalue weighted by molar-refractivity contribution is -0.140. The Morgan fingerprint density at radius 3 is 2.27 bits per heavy atom. The van der Waals surface area contributed by atoms with Crippen LogP contribution in [0.1, 0.15) is 53.3 Å². The third-order valence-corrected chi connectivity index (χ3v) is 8.24. The van der Waals surface area contributed by atoms with Crippen molar-refractivity contribution in [3.05, 3.63) is 121 Å². The number of nitrogens with one attached hydrogen (secondary N) is 1. The second-order valence-corrected chi connectivity index (χ2v) is 12.9. The fourth-order valence-electron chi connectivity index (χ4n) is 5.37. The second kappa shape index (κ2) is 17.6. The van der Waals surface area contributed by atoms with Gasteiger partial charge in [0, 0.05) is 53.4 Å². The van der Waals surface area contributed by atoms with Crippen LogP contribution >= 0.6 is 15.9 Å². The number of rotatable bonds is 10. The van der Waals surface area contributed by atoms with E-state index in [0.29, 0.717) is 28.3 Å². The number of halogens is 6. The highest BCUT2D eigenvalue weighted by Gasteiger charge is 2.36. The average Bonchev–Trinajstić information content (AvgIpc) is 3.03. The molecule has 0 bridgehead atoms. The topological polar surface area (TPSA) is 101 Å². The van der Waals surface area contributed by atoms with E-state index in [4.69, 9.17) is 0 Å². The molecule has 51 heavy (non-hydrogen) atoms. The van der Waals surface area contributed by atoms with Crippen LogP contribution in [-0.2, 0) is 33.5 Å². The van der Waals surface area contributed by atoms with E-state index in [1.807, 2.05) is 0 Å². The van der Waals surface area contributed by atoms with Gasteiger partial charge < -0.3 is 20.1 Å². The average molecular weight is 781 g/mol. The monoisotopic (exact) mass is 779 g/mol. The predicted octanol–water partition coefficient (Wildman–Crippen LogP) is 7.48. The molecule has 274 valence electrons. The molecule has 3 aromatic carbocycles. The number of amides is 1. The van der Waals surface area contributed by atoms with Crippen LogP contribution in [0.2, 0.25) is 0 Å². The van der Waals surface area contributed by atoms with E-state index in [1.165, 1.54) is 38.1 Å². The fraction of sp³-hybridized carbons (Fsp3) is 0.324. The molecule has 0 saturated heterocycles. The molecule has 0 aliphatic rings. The number of carbonyl (C=O) groups excluding carboxylic acids is 2. The van der Waals surface area contributed by atoms with Gasteiger partial charge in [0.25, 0.3) is 5.56 Å². The SMILES string of the molecule is CCOC(C)=O.Cc1cc(-c2c(C)cccc2O)cc(CNC(=O)C(c2cc(Br)ccc2F)n2cc(CCN(C)C)c(C(F)(F)F)cc2=O)c1F. The van der Waals surface area contributed by atoms with Crippen LogP contribution in [0.25, 0.3) is 11.1 Å². The van der Waals surface area contributed by atoms with E-state index in [9.17, 15) is 32.7 Å². The summed E-state index contributed by atoms with van der Waals surface area (Å²) in [7, 11) is 3.35. The van der Waals surface area contributed by atoms with Crippen LogP contribution in [0.4, 0.5) is 22.0 Å². The summed E-state index contributed by atoms with van der Waals surface area (Å²) >= 11 is 3.22. The molecule has 0 aliphatic heterocycles. The molecule has 1 unspecified atom stereocenters. The number of alkyl halides is 3. The predicted molar refractivity (Wildman–Crippen MR) is 187 cm³/mol. The fourth-order valence-corrected chi connectivity index (χ4v) is 5.75. The van der Waals surface area contributed by atoms with Gasteiger partial charge in [-0.05, 0) is 99.9 Å². The number of phenols is 1. The van der Waals surface area contributed by atoms with E-state index in [1.54, 1.807) is 51.0 Å². The van der Waals surface area contributed by atoms with Crippen LogP contribution in [0.3, 0.4) is 0 Å². The van der Waals surface area contributed by atoms with Crippen LogP contribution in [0.15, 0.2) is 70.1 Å². The Kier molecular flexibility index (Phi) is 14.1. The third kappa shape index (κ3) is 10.7. The maximum atomic E-state index is 15.3.